The molecule has 0 spiro atoms. The number of urea groups is 1. The second-order valence-electron chi connectivity index (χ2n) is 5.18. The van der Waals surface area contributed by atoms with Gasteiger partial charge in [0.25, 0.3) is 5.91 Å². The smallest absolute Gasteiger partial charge is 0.322 e. The van der Waals surface area contributed by atoms with Crippen LogP contribution in [0.1, 0.15) is 24.0 Å². The molecule has 0 unspecified atom stereocenters. The molecule has 3 rings (SSSR count). The first-order chi connectivity index (χ1) is 10.0. The first-order valence-corrected chi connectivity index (χ1v) is 6.70. The summed E-state index contributed by atoms with van der Waals surface area (Å²) >= 11 is 0. The summed E-state index contributed by atoms with van der Waals surface area (Å²) in [6.07, 6.45) is 0.375. The third kappa shape index (κ3) is 2.58. The van der Waals surface area contributed by atoms with Crippen LogP contribution in [0.5, 0.6) is 0 Å². The van der Waals surface area contributed by atoms with Crippen molar-refractivity contribution in [3.05, 3.63) is 35.1 Å². The normalized spacial score (nSPS) is 20.2. The van der Waals surface area contributed by atoms with E-state index in [4.69, 9.17) is 0 Å². The number of rotatable bonds is 3. The lowest BCUT2D eigenvalue weighted by molar-refractivity contribution is -0.132. The van der Waals surface area contributed by atoms with Crippen LogP contribution in [0.15, 0.2) is 18.2 Å². The molecule has 0 saturated carbocycles. The average molecular weight is 291 g/mol. The van der Waals surface area contributed by atoms with Crippen LogP contribution in [0, 0.1) is 5.82 Å². The molecule has 0 radical (unpaired) electrons. The van der Waals surface area contributed by atoms with Crippen molar-refractivity contribution >= 4 is 17.8 Å². The van der Waals surface area contributed by atoms with Crippen LogP contribution in [0.4, 0.5) is 9.18 Å². The summed E-state index contributed by atoms with van der Waals surface area (Å²) in [6.45, 7) is 0.638. The van der Waals surface area contributed by atoms with Crippen LogP contribution in [-0.4, -0.2) is 28.8 Å². The van der Waals surface area contributed by atoms with Crippen molar-refractivity contribution in [3.8, 4) is 0 Å². The molecule has 2 heterocycles. The lowest BCUT2D eigenvalue weighted by atomic mass is 10.1. The van der Waals surface area contributed by atoms with Gasteiger partial charge in [0, 0.05) is 25.1 Å². The summed E-state index contributed by atoms with van der Waals surface area (Å²) in [5.41, 5.74) is 1.37. The Kier molecular flexibility index (Phi) is 3.32. The van der Waals surface area contributed by atoms with Crippen LogP contribution in [0.25, 0.3) is 0 Å². The minimum Gasteiger partial charge on any atom is -0.334 e. The second kappa shape index (κ2) is 5.16. The summed E-state index contributed by atoms with van der Waals surface area (Å²) < 4.78 is 13.6. The van der Waals surface area contributed by atoms with Crippen molar-refractivity contribution in [2.45, 2.75) is 32.0 Å². The predicted molar refractivity (Wildman–Crippen MR) is 70.4 cm³/mol. The highest BCUT2D eigenvalue weighted by Gasteiger charge is 2.31. The summed E-state index contributed by atoms with van der Waals surface area (Å²) in [4.78, 5) is 36.0. The van der Waals surface area contributed by atoms with Gasteiger partial charge in [-0.25, -0.2) is 9.18 Å². The first-order valence-electron chi connectivity index (χ1n) is 6.70. The summed E-state index contributed by atoms with van der Waals surface area (Å²) in [5.74, 6) is -0.867. The molecule has 1 atom stereocenters. The maximum absolute atomic E-state index is 13.6. The molecule has 1 aromatic carbocycles. The topological polar surface area (TPSA) is 78.5 Å². The van der Waals surface area contributed by atoms with Crippen molar-refractivity contribution in [3.63, 3.8) is 0 Å². The van der Waals surface area contributed by atoms with E-state index in [1.165, 1.54) is 6.07 Å². The number of carbonyl (C=O) groups is 3. The molecule has 6 nitrogen and oxygen atoms in total. The molecule has 0 bridgehead atoms. The number of benzene rings is 1. The fourth-order valence-corrected chi connectivity index (χ4v) is 2.65. The van der Waals surface area contributed by atoms with Gasteiger partial charge in [0.15, 0.2) is 0 Å². The van der Waals surface area contributed by atoms with Crippen molar-refractivity contribution in [2.24, 2.45) is 0 Å². The highest BCUT2D eigenvalue weighted by atomic mass is 19.1. The van der Waals surface area contributed by atoms with Crippen molar-refractivity contribution in [1.29, 1.82) is 0 Å². The number of imide groups is 1. The third-order valence-electron chi connectivity index (χ3n) is 3.78. The van der Waals surface area contributed by atoms with E-state index in [1.807, 2.05) is 0 Å². The number of nitrogens with zero attached hydrogens (tertiary/aromatic N) is 1. The zero-order valence-electron chi connectivity index (χ0n) is 11.2. The second-order valence-corrected chi connectivity index (χ2v) is 5.18. The fraction of sp³-hybridized carbons (Fsp3) is 0.357. The van der Waals surface area contributed by atoms with Gasteiger partial charge in [-0.3, -0.25) is 14.9 Å². The Morgan fingerprint density at radius 1 is 1.33 bits per heavy atom. The van der Waals surface area contributed by atoms with Crippen LogP contribution < -0.4 is 10.6 Å². The van der Waals surface area contributed by atoms with E-state index in [0.29, 0.717) is 12.1 Å². The predicted octanol–water partition coefficient (Wildman–Crippen LogP) is 0.656. The molecule has 110 valence electrons. The molecule has 2 aliphatic rings. The van der Waals surface area contributed by atoms with Gasteiger partial charge >= 0.3 is 6.03 Å². The van der Waals surface area contributed by atoms with Crippen molar-refractivity contribution in [2.75, 3.05) is 0 Å². The van der Waals surface area contributed by atoms with Crippen molar-refractivity contribution < 1.29 is 18.8 Å². The van der Waals surface area contributed by atoms with Gasteiger partial charge < -0.3 is 10.2 Å². The standard InChI is InChI=1S/C14H14FN3O3/c15-10-3-1-2-8-6-18(7-9(8)10)12(19)5-4-11-13(20)17-14(21)16-11/h1-3,11H,4-7H2,(H2,16,17,20,21)/t11-/m1/s1. The Balaban J connectivity index is 1.57. The lowest BCUT2D eigenvalue weighted by Gasteiger charge is -2.16. The van der Waals surface area contributed by atoms with E-state index in [0.717, 1.165) is 5.56 Å². The summed E-state index contributed by atoms with van der Waals surface area (Å²) in [6, 6.07) is 3.61. The molecule has 4 amide bonds. The van der Waals surface area contributed by atoms with Gasteiger partial charge in [0.1, 0.15) is 11.9 Å². The highest BCUT2D eigenvalue weighted by molar-refractivity contribution is 6.04. The first kappa shape index (κ1) is 13.5. The monoisotopic (exact) mass is 291 g/mol. The number of carbonyl (C=O) groups excluding carboxylic acids is 3. The molecule has 2 N–H and O–H groups in total. The van der Waals surface area contributed by atoms with Crippen LogP contribution in [0.3, 0.4) is 0 Å². The zero-order chi connectivity index (χ0) is 15.0. The molecular weight excluding hydrogens is 277 g/mol. The minimum atomic E-state index is -0.664. The maximum atomic E-state index is 13.6. The van der Waals surface area contributed by atoms with Gasteiger partial charge in [-0.15, -0.1) is 0 Å². The molecule has 1 fully saturated rings. The Morgan fingerprint density at radius 2 is 2.14 bits per heavy atom. The Hall–Kier alpha value is -2.44. The van der Waals surface area contributed by atoms with E-state index >= 15 is 0 Å². The summed E-state index contributed by atoms with van der Waals surface area (Å²) in [7, 11) is 0. The number of hydrogen-bond acceptors (Lipinski definition) is 3. The van der Waals surface area contributed by atoms with Gasteiger partial charge in [0.05, 0.1) is 0 Å². The molecule has 2 aliphatic heterocycles. The van der Waals surface area contributed by atoms with Crippen molar-refractivity contribution in [1.82, 2.24) is 15.5 Å². The van der Waals surface area contributed by atoms with E-state index in [9.17, 15) is 18.8 Å². The average Bonchev–Trinajstić information content (AvgIpc) is 3.00. The van der Waals surface area contributed by atoms with E-state index in [-0.39, 0.29) is 31.1 Å². The van der Waals surface area contributed by atoms with E-state index in [2.05, 4.69) is 10.6 Å². The van der Waals surface area contributed by atoms with E-state index < -0.39 is 18.0 Å². The largest absolute Gasteiger partial charge is 0.334 e. The minimum absolute atomic E-state index is 0.133. The molecule has 7 heteroatoms. The molecule has 21 heavy (non-hydrogen) atoms. The Morgan fingerprint density at radius 3 is 2.81 bits per heavy atom. The molecule has 1 saturated heterocycles. The molecule has 1 aromatic rings. The third-order valence-corrected chi connectivity index (χ3v) is 3.78. The number of fused-ring (bicyclic) bond motifs is 1. The molecular formula is C14H14FN3O3. The fourth-order valence-electron chi connectivity index (χ4n) is 2.65. The van der Waals surface area contributed by atoms with Gasteiger partial charge in [-0.05, 0) is 18.1 Å². The lowest BCUT2D eigenvalue weighted by Crippen LogP contribution is -2.32. The molecule has 0 aliphatic carbocycles. The number of hydrogen-bond donors (Lipinski definition) is 2. The number of amides is 4. The zero-order valence-corrected chi connectivity index (χ0v) is 11.2. The van der Waals surface area contributed by atoms with Gasteiger partial charge in [-0.2, -0.15) is 0 Å². The maximum Gasteiger partial charge on any atom is 0.322 e. The van der Waals surface area contributed by atoms with Gasteiger partial charge in [-0.1, -0.05) is 12.1 Å². The Labute approximate surface area is 120 Å². The van der Waals surface area contributed by atoms with Crippen LogP contribution in [0.2, 0.25) is 0 Å². The van der Waals surface area contributed by atoms with Crippen LogP contribution in [-0.2, 0) is 22.7 Å². The number of nitrogens with one attached hydrogen (secondary N) is 2. The quantitative estimate of drug-likeness (QED) is 0.803. The summed E-state index contributed by atoms with van der Waals surface area (Å²) in [5, 5.41) is 4.56. The van der Waals surface area contributed by atoms with E-state index in [1.54, 1.807) is 17.0 Å². The number of halogens is 1. The van der Waals surface area contributed by atoms with Gasteiger partial charge in [0.2, 0.25) is 5.91 Å². The SMILES string of the molecule is O=C1NC(=O)[C@@H](CCC(=O)N2Cc3cccc(F)c3C2)N1. The van der Waals surface area contributed by atoms with Crippen LogP contribution >= 0.6 is 0 Å². The highest BCUT2D eigenvalue weighted by Crippen LogP contribution is 2.25. The Bertz CT molecular complexity index is 632. The molecule has 0 aromatic heterocycles.